The second-order valence-corrected chi connectivity index (χ2v) is 4.07. The minimum absolute atomic E-state index is 0.0109. The summed E-state index contributed by atoms with van der Waals surface area (Å²) in [6.45, 7) is 4.37. The van der Waals surface area contributed by atoms with Gasteiger partial charge in [0, 0.05) is 12.6 Å². The number of carbonyl (C=O) groups is 1. The highest BCUT2D eigenvalue weighted by atomic mass is 16.5. The van der Waals surface area contributed by atoms with E-state index in [1.165, 1.54) is 0 Å². The van der Waals surface area contributed by atoms with Crippen molar-refractivity contribution in [2.45, 2.75) is 20.5 Å². The topological polar surface area (TPSA) is 59.6 Å². The standard InChI is InChI=1S/C13H20N2O3/c1-9-5-10(2)13(17-4)11(6-9)7-18-8-12(16)15-14-3/h5-6,14H,7-8H2,1-4H3,(H,15,16). The molecule has 5 heteroatoms. The molecule has 0 aromatic heterocycles. The van der Waals surface area contributed by atoms with Gasteiger partial charge >= 0.3 is 0 Å². The van der Waals surface area contributed by atoms with Crippen LogP contribution in [0.4, 0.5) is 0 Å². The highest BCUT2D eigenvalue weighted by molar-refractivity contribution is 5.76. The molecule has 0 saturated heterocycles. The predicted octanol–water partition coefficient (Wildman–Crippen LogP) is 1.08. The first-order chi connectivity index (χ1) is 8.58. The Morgan fingerprint density at radius 3 is 2.67 bits per heavy atom. The van der Waals surface area contributed by atoms with Crippen molar-refractivity contribution in [3.8, 4) is 5.75 Å². The number of rotatable bonds is 6. The molecule has 0 bridgehead atoms. The van der Waals surface area contributed by atoms with E-state index in [4.69, 9.17) is 9.47 Å². The van der Waals surface area contributed by atoms with Gasteiger partial charge in [-0.3, -0.25) is 10.2 Å². The van der Waals surface area contributed by atoms with Crippen molar-refractivity contribution >= 4 is 5.91 Å². The van der Waals surface area contributed by atoms with Crippen LogP contribution in [0.2, 0.25) is 0 Å². The molecule has 0 spiro atoms. The number of carbonyl (C=O) groups excluding carboxylic acids is 1. The van der Waals surface area contributed by atoms with Crippen LogP contribution in [0.3, 0.4) is 0 Å². The lowest BCUT2D eigenvalue weighted by Crippen LogP contribution is -2.36. The second-order valence-electron chi connectivity index (χ2n) is 4.07. The normalized spacial score (nSPS) is 10.2. The average Bonchev–Trinajstić information content (AvgIpc) is 2.28. The van der Waals surface area contributed by atoms with Crippen LogP contribution in [0.1, 0.15) is 16.7 Å². The first-order valence-electron chi connectivity index (χ1n) is 5.76. The van der Waals surface area contributed by atoms with E-state index in [1.54, 1.807) is 14.2 Å². The van der Waals surface area contributed by atoms with E-state index in [1.807, 2.05) is 19.9 Å². The van der Waals surface area contributed by atoms with E-state index in [2.05, 4.69) is 16.9 Å². The van der Waals surface area contributed by atoms with E-state index in [9.17, 15) is 4.79 Å². The largest absolute Gasteiger partial charge is 0.496 e. The predicted molar refractivity (Wildman–Crippen MR) is 69.3 cm³/mol. The van der Waals surface area contributed by atoms with E-state index < -0.39 is 0 Å². The molecule has 1 aromatic rings. The number of hydrogen-bond donors (Lipinski definition) is 2. The number of benzene rings is 1. The summed E-state index contributed by atoms with van der Waals surface area (Å²) in [4.78, 5) is 11.2. The molecule has 0 aliphatic carbocycles. The van der Waals surface area contributed by atoms with Gasteiger partial charge in [-0.2, -0.15) is 0 Å². The third-order valence-corrected chi connectivity index (χ3v) is 2.46. The molecule has 1 aromatic carbocycles. The average molecular weight is 252 g/mol. The van der Waals surface area contributed by atoms with Crippen LogP contribution in [-0.2, 0) is 16.1 Å². The summed E-state index contributed by atoms with van der Waals surface area (Å²) in [5.74, 6) is 0.607. The van der Waals surface area contributed by atoms with Gasteiger partial charge in [0.1, 0.15) is 12.4 Å². The van der Waals surface area contributed by atoms with Gasteiger partial charge in [-0.15, -0.1) is 0 Å². The summed E-state index contributed by atoms with van der Waals surface area (Å²) in [6, 6.07) is 4.05. The molecular weight excluding hydrogens is 232 g/mol. The van der Waals surface area contributed by atoms with Gasteiger partial charge in [0.25, 0.3) is 5.91 Å². The Kier molecular flexibility index (Phi) is 5.61. The second kappa shape index (κ2) is 6.98. The summed E-state index contributed by atoms with van der Waals surface area (Å²) in [7, 11) is 3.26. The lowest BCUT2D eigenvalue weighted by atomic mass is 10.1. The van der Waals surface area contributed by atoms with E-state index in [0.717, 1.165) is 22.4 Å². The quantitative estimate of drug-likeness (QED) is 0.744. The number of hydrazine groups is 1. The zero-order valence-electron chi connectivity index (χ0n) is 11.3. The number of amides is 1. The van der Waals surface area contributed by atoms with Crippen molar-refractivity contribution < 1.29 is 14.3 Å². The Hall–Kier alpha value is -1.59. The Morgan fingerprint density at radius 1 is 1.33 bits per heavy atom. The Bertz CT molecular complexity index is 419. The highest BCUT2D eigenvalue weighted by Gasteiger charge is 2.08. The molecule has 18 heavy (non-hydrogen) atoms. The molecule has 1 rings (SSSR count). The zero-order chi connectivity index (χ0) is 13.5. The van der Waals surface area contributed by atoms with E-state index in [0.29, 0.717) is 6.61 Å². The van der Waals surface area contributed by atoms with Crippen LogP contribution in [-0.4, -0.2) is 26.7 Å². The van der Waals surface area contributed by atoms with Crippen LogP contribution in [0, 0.1) is 13.8 Å². The molecule has 0 saturated carbocycles. The number of nitrogens with one attached hydrogen (secondary N) is 2. The third-order valence-electron chi connectivity index (χ3n) is 2.46. The van der Waals surface area contributed by atoms with Gasteiger partial charge in [0.2, 0.25) is 0 Å². The molecule has 0 atom stereocenters. The lowest BCUT2D eigenvalue weighted by molar-refractivity contribution is -0.126. The number of ether oxygens (including phenoxy) is 2. The number of hydrogen-bond acceptors (Lipinski definition) is 4. The fourth-order valence-corrected chi connectivity index (χ4v) is 1.87. The van der Waals surface area contributed by atoms with Crippen LogP contribution in [0.5, 0.6) is 5.75 Å². The van der Waals surface area contributed by atoms with Crippen LogP contribution in [0.15, 0.2) is 12.1 Å². The number of aryl methyl sites for hydroxylation is 2. The molecule has 0 fully saturated rings. The molecule has 0 unspecified atom stereocenters. The Labute approximate surface area is 107 Å². The summed E-state index contributed by atoms with van der Waals surface area (Å²) >= 11 is 0. The van der Waals surface area contributed by atoms with Crippen LogP contribution < -0.4 is 15.6 Å². The maximum absolute atomic E-state index is 11.2. The van der Waals surface area contributed by atoms with E-state index in [-0.39, 0.29) is 12.5 Å². The summed E-state index contributed by atoms with van der Waals surface area (Å²) in [6.07, 6.45) is 0. The minimum Gasteiger partial charge on any atom is -0.496 e. The van der Waals surface area contributed by atoms with E-state index >= 15 is 0 Å². The number of methoxy groups -OCH3 is 1. The van der Waals surface area contributed by atoms with Crippen molar-refractivity contribution in [2.24, 2.45) is 0 Å². The molecule has 0 heterocycles. The Morgan fingerprint density at radius 2 is 2.06 bits per heavy atom. The first kappa shape index (κ1) is 14.5. The molecule has 5 nitrogen and oxygen atoms in total. The maximum atomic E-state index is 11.2. The summed E-state index contributed by atoms with van der Waals surface area (Å²) in [5.41, 5.74) is 8.15. The van der Waals surface area contributed by atoms with Crippen molar-refractivity contribution in [1.82, 2.24) is 10.9 Å². The first-order valence-corrected chi connectivity index (χ1v) is 5.76. The zero-order valence-corrected chi connectivity index (χ0v) is 11.3. The minimum atomic E-state index is -0.208. The maximum Gasteiger partial charge on any atom is 0.260 e. The van der Waals surface area contributed by atoms with Gasteiger partial charge < -0.3 is 9.47 Å². The van der Waals surface area contributed by atoms with Crippen LogP contribution >= 0.6 is 0 Å². The smallest absolute Gasteiger partial charge is 0.260 e. The highest BCUT2D eigenvalue weighted by Crippen LogP contribution is 2.25. The fraction of sp³-hybridized carbons (Fsp3) is 0.462. The third kappa shape index (κ3) is 4.01. The molecule has 2 N–H and O–H groups in total. The molecule has 100 valence electrons. The molecular formula is C13H20N2O3. The van der Waals surface area contributed by atoms with Crippen molar-refractivity contribution in [1.29, 1.82) is 0 Å². The van der Waals surface area contributed by atoms with Gasteiger partial charge in [0.05, 0.1) is 13.7 Å². The molecule has 0 aliphatic heterocycles. The lowest BCUT2D eigenvalue weighted by Gasteiger charge is -2.13. The van der Waals surface area contributed by atoms with Crippen molar-refractivity contribution in [2.75, 3.05) is 20.8 Å². The van der Waals surface area contributed by atoms with Crippen molar-refractivity contribution in [3.63, 3.8) is 0 Å². The SMILES string of the molecule is CNNC(=O)COCc1cc(C)cc(C)c1OC. The van der Waals surface area contributed by atoms with Gasteiger partial charge in [-0.1, -0.05) is 17.7 Å². The van der Waals surface area contributed by atoms with Crippen LogP contribution in [0.25, 0.3) is 0 Å². The molecule has 0 radical (unpaired) electrons. The summed E-state index contributed by atoms with van der Waals surface area (Å²) < 4.78 is 10.7. The summed E-state index contributed by atoms with van der Waals surface area (Å²) in [5, 5.41) is 0. The molecule has 1 amide bonds. The molecule has 0 aliphatic rings. The Balaban J connectivity index is 2.64. The van der Waals surface area contributed by atoms with Crippen molar-refractivity contribution in [3.05, 3.63) is 28.8 Å². The van der Waals surface area contributed by atoms with Gasteiger partial charge in [0.15, 0.2) is 0 Å². The van der Waals surface area contributed by atoms with Gasteiger partial charge in [-0.05, 0) is 19.4 Å². The van der Waals surface area contributed by atoms with Gasteiger partial charge in [-0.25, -0.2) is 5.43 Å². The fourth-order valence-electron chi connectivity index (χ4n) is 1.87. The monoisotopic (exact) mass is 252 g/mol.